The molecule has 1 aromatic heterocycles. The first-order chi connectivity index (χ1) is 13.5. The molecule has 146 valence electrons. The number of amidine groups is 1. The molecule has 4 rings (SSSR count). The zero-order valence-corrected chi connectivity index (χ0v) is 16.1. The molecule has 2 heterocycles. The van der Waals surface area contributed by atoms with Crippen LogP contribution in [-0.4, -0.2) is 40.0 Å². The largest absolute Gasteiger partial charge is 0.381 e. The van der Waals surface area contributed by atoms with E-state index in [0.717, 1.165) is 12.2 Å². The van der Waals surface area contributed by atoms with Gasteiger partial charge in [-0.05, 0) is 30.7 Å². The molecular weight excluding hydrogens is 381 g/mol. The minimum absolute atomic E-state index is 0.0149. The van der Waals surface area contributed by atoms with Crippen LogP contribution in [0, 0.1) is 11.7 Å². The van der Waals surface area contributed by atoms with Crippen LogP contribution in [0.3, 0.4) is 0 Å². The molecule has 1 aliphatic carbocycles. The molecule has 28 heavy (non-hydrogen) atoms. The van der Waals surface area contributed by atoms with Gasteiger partial charge in [-0.3, -0.25) is 9.79 Å². The number of hydrogen-bond donors (Lipinski definition) is 2. The highest BCUT2D eigenvalue weighted by atomic mass is 32.2. The molecule has 2 aliphatic rings. The monoisotopic (exact) mass is 401 g/mol. The molecule has 3 atom stereocenters. The Balaban J connectivity index is 1.70. The van der Waals surface area contributed by atoms with Gasteiger partial charge in [0.25, 0.3) is 5.91 Å². The van der Waals surface area contributed by atoms with Crippen LogP contribution < -0.4 is 11.1 Å². The third kappa shape index (κ3) is 3.35. The van der Waals surface area contributed by atoms with Gasteiger partial charge < -0.3 is 15.8 Å². The lowest BCUT2D eigenvalue weighted by atomic mass is 9.81. The number of nitrogens with two attached hydrogens (primary N) is 1. The van der Waals surface area contributed by atoms with Gasteiger partial charge in [0.15, 0.2) is 5.17 Å². The summed E-state index contributed by atoms with van der Waals surface area (Å²) in [6.07, 6.45) is 4.11. The van der Waals surface area contributed by atoms with Crippen LogP contribution in [0.25, 0.3) is 0 Å². The fourth-order valence-corrected chi connectivity index (χ4v) is 5.00. The van der Waals surface area contributed by atoms with Gasteiger partial charge in [-0.1, -0.05) is 11.8 Å². The SMILES string of the molecule is COC1CC2CSC(N)=NC2(c2cc(NC(=O)c3ccncn3)ccc2F)C1. The summed E-state index contributed by atoms with van der Waals surface area (Å²) in [6, 6.07) is 6.03. The zero-order valence-electron chi connectivity index (χ0n) is 15.3. The van der Waals surface area contributed by atoms with Gasteiger partial charge >= 0.3 is 0 Å². The summed E-state index contributed by atoms with van der Waals surface area (Å²) in [5.41, 5.74) is 6.36. The van der Waals surface area contributed by atoms with Crippen molar-refractivity contribution in [3.05, 3.63) is 53.9 Å². The Kier molecular flexibility index (Phi) is 5.03. The van der Waals surface area contributed by atoms with E-state index in [1.807, 2.05) is 0 Å². The minimum atomic E-state index is -0.782. The van der Waals surface area contributed by atoms with Crippen LogP contribution in [0.1, 0.15) is 28.9 Å². The van der Waals surface area contributed by atoms with E-state index in [2.05, 4.69) is 20.3 Å². The number of halogens is 1. The van der Waals surface area contributed by atoms with Crippen molar-refractivity contribution in [2.24, 2.45) is 16.6 Å². The normalized spacial score (nSPS) is 26.4. The van der Waals surface area contributed by atoms with Crippen LogP contribution in [0.2, 0.25) is 0 Å². The highest BCUT2D eigenvalue weighted by molar-refractivity contribution is 8.13. The molecule has 2 aromatic rings. The number of amides is 1. The number of aromatic nitrogens is 2. The second-order valence-corrected chi connectivity index (χ2v) is 7.96. The maximum Gasteiger partial charge on any atom is 0.274 e. The summed E-state index contributed by atoms with van der Waals surface area (Å²) in [7, 11) is 1.66. The zero-order chi connectivity index (χ0) is 19.7. The van der Waals surface area contributed by atoms with Gasteiger partial charge in [0, 0.05) is 42.6 Å². The lowest BCUT2D eigenvalue weighted by Gasteiger charge is -2.36. The summed E-state index contributed by atoms with van der Waals surface area (Å²) in [4.78, 5) is 24.8. The van der Waals surface area contributed by atoms with Crippen molar-refractivity contribution >= 4 is 28.5 Å². The maximum atomic E-state index is 14.9. The van der Waals surface area contributed by atoms with Crippen molar-refractivity contribution in [2.45, 2.75) is 24.5 Å². The number of hydrogen-bond acceptors (Lipinski definition) is 7. The summed E-state index contributed by atoms with van der Waals surface area (Å²) in [5.74, 6) is 0.103. The molecule has 0 spiro atoms. The number of methoxy groups -OCH3 is 1. The molecule has 1 amide bonds. The summed E-state index contributed by atoms with van der Waals surface area (Å²) in [6.45, 7) is 0. The van der Waals surface area contributed by atoms with E-state index < -0.39 is 11.4 Å². The van der Waals surface area contributed by atoms with E-state index >= 15 is 0 Å². The van der Waals surface area contributed by atoms with Crippen LogP contribution >= 0.6 is 11.8 Å². The topological polar surface area (TPSA) is 102 Å². The smallest absolute Gasteiger partial charge is 0.274 e. The van der Waals surface area contributed by atoms with E-state index in [9.17, 15) is 9.18 Å². The van der Waals surface area contributed by atoms with Crippen LogP contribution in [-0.2, 0) is 10.3 Å². The molecule has 0 bridgehead atoms. The molecule has 3 N–H and O–H groups in total. The minimum Gasteiger partial charge on any atom is -0.381 e. The lowest BCUT2D eigenvalue weighted by molar-refractivity contribution is 0.101. The van der Waals surface area contributed by atoms with Crippen molar-refractivity contribution in [1.29, 1.82) is 0 Å². The van der Waals surface area contributed by atoms with Gasteiger partial charge in [0.1, 0.15) is 17.8 Å². The van der Waals surface area contributed by atoms with Crippen LogP contribution in [0.15, 0.2) is 41.8 Å². The number of nitrogens with zero attached hydrogens (tertiary/aromatic N) is 3. The number of carbonyl (C=O) groups is 1. The van der Waals surface area contributed by atoms with Gasteiger partial charge in [-0.25, -0.2) is 14.4 Å². The third-order valence-electron chi connectivity index (χ3n) is 5.34. The summed E-state index contributed by atoms with van der Waals surface area (Å²) >= 11 is 1.48. The predicted molar refractivity (Wildman–Crippen MR) is 106 cm³/mol. The number of thioether (sulfide) groups is 1. The van der Waals surface area contributed by atoms with Crippen molar-refractivity contribution < 1.29 is 13.9 Å². The van der Waals surface area contributed by atoms with Crippen molar-refractivity contribution in [3.63, 3.8) is 0 Å². The lowest BCUT2D eigenvalue weighted by Crippen LogP contribution is -2.37. The number of ether oxygens (including phenoxy) is 1. The predicted octanol–water partition coefficient (Wildman–Crippen LogP) is 2.55. The van der Waals surface area contributed by atoms with Crippen LogP contribution in [0.5, 0.6) is 0 Å². The Morgan fingerprint density at radius 2 is 2.29 bits per heavy atom. The fraction of sp³-hybridized carbons (Fsp3) is 0.368. The summed E-state index contributed by atoms with van der Waals surface area (Å²) in [5, 5.41) is 3.21. The number of nitrogens with one attached hydrogen (secondary N) is 1. The highest BCUT2D eigenvalue weighted by Gasteiger charge is 2.52. The highest BCUT2D eigenvalue weighted by Crippen LogP contribution is 2.52. The van der Waals surface area contributed by atoms with Gasteiger partial charge in [-0.2, -0.15) is 0 Å². The maximum absolute atomic E-state index is 14.9. The van der Waals surface area contributed by atoms with E-state index in [1.165, 1.54) is 42.5 Å². The van der Waals surface area contributed by atoms with Crippen molar-refractivity contribution in [3.8, 4) is 0 Å². The Hall–Kier alpha value is -2.52. The van der Waals surface area contributed by atoms with Gasteiger partial charge in [0.2, 0.25) is 0 Å². The second kappa shape index (κ2) is 7.48. The quantitative estimate of drug-likeness (QED) is 0.816. The molecule has 1 fully saturated rings. The van der Waals surface area contributed by atoms with Crippen molar-refractivity contribution in [1.82, 2.24) is 9.97 Å². The van der Waals surface area contributed by atoms with Gasteiger partial charge in [-0.15, -0.1) is 0 Å². The standard InChI is InChI=1S/C19H20FN5O2S/c1-27-13-6-11-9-28-18(21)25-19(11,8-13)14-7-12(2-3-15(14)20)24-17(26)16-4-5-22-10-23-16/h2-5,7,10-11,13H,6,8-9H2,1H3,(H2,21,25)(H,24,26). The molecular formula is C19H20FN5O2S. The number of carbonyl (C=O) groups excluding carboxylic acids is 1. The molecule has 0 radical (unpaired) electrons. The van der Waals surface area contributed by atoms with E-state index in [4.69, 9.17) is 10.5 Å². The van der Waals surface area contributed by atoms with Gasteiger partial charge in [0.05, 0.1) is 11.6 Å². The van der Waals surface area contributed by atoms with E-state index in [-0.39, 0.29) is 23.5 Å². The molecule has 3 unspecified atom stereocenters. The molecule has 1 aromatic carbocycles. The first kappa shape index (κ1) is 18.8. The Morgan fingerprint density at radius 1 is 1.43 bits per heavy atom. The van der Waals surface area contributed by atoms with E-state index in [1.54, 1.807) is 13.2 Å². The average Bonchev–Trinajstić information content (AvgIpc) is 3.09. The van der Waals surface area contributed by atoms with Crippen LogP contribution in [0.4, 0.5) is 10.1 Å². The number of aliphatic imine (C=N–C) groups is 1. The Bertz CT molecular complexity index is 926. The molecule has 1 aliphatic heterocycles. The Labute approximate surface area is 166 Å². The molecule has 7 nitrogen and oxygen atoms in total. The number of benzene rings is 1. The number of fused-ring (bicyclic) bond motifs is 1. The average molecular weight is 401 g/mol. The summed E-state index contributed by atoms with van der Waals surface area (Å²) < 4.78 is 20.5. The first-order valence-corrected chi connectivity index (χ1v) is 9.88. The first-order valence-electron chi connectivity index (χ1n) is 8.90. The molecule has 9 heteroatoms. The number of anilines is 1. The number of rotatable bonds is 4. The Morgan fingerprint density at radius 3 is 3.04 bits per heavy atom. The molecule has 0 saturated heterocycles. The second-order valence-electron chi connectivity index (χ2n) is 6.92. The molecule has 1 saturated carbocycles. The fourth-order valence-electron chi connectivity index (χ4n) is 3.99. The van der Waals surface area contributed by atoms with E-state index in [0.29, 0.717) is 22.8 Å². The third-order valence-corrected chi connectivity index (χ3v) is 6.30. The van der Waals surface area contributed by atoms with Crippen molar-refractivity contribution in [2.75, 3.05) is 18.2 Å².